The molecular formula is C18H27N. The van der Waals surface area contributed by atoms with Crippen LogP contribution in [0.5, 0.6) is 0 Å². The molecule has 1 aromatic rings. The number of aryl methyl sites for hydroxylation is 3. The number of hydrogen-bond donors (Lipinski definition) is 1. The summed E-state index contributed by atoms with van der Waals surface area (Å²) in [5, 5.41) is 3.64. The van der Waals surface area contributed by atoms with Crippen LogP contribution in [-0.4, -0.2) is 12.6 Å². The van der Waals surface area contributed by atoms with Crippen LogP contribution in [0, 0.1) is 26.7 Å². The number of hydrogen-bond acceptors (Lipinski definition) is 1. The van der Waals surface area contributed by atoms with Crippen LogP contribution in [0.2, 0.25) is 0 Å². The quantitative estimate of drug-likeness (QED) is 0.824. The molecule has 19 heavy (non-hydrogen) atoms. The molecule has 0 amide bonds. The van der Waals surface area contributed by atoms with Crippen LogP contribution < -0.4 is 5.32 Å². The third-order valence-electron chi connectivity index (χ3n) is 3.98. The molecule has 0 aromatic heterocycles. The van der Waals surface area contributed by atoms with E-state index in [0.29, 0.717) is 5.92 Å². The average Bonchev–Trinajstić information content (AvgIpc) is 3.10. The van der Waals surface area contributed by atoms with Crippen LogP contribution >= 0.6 is 0 Å². The predicted octanol–water partition coefficient (Wildman–Crippen LogP) is 4.40. The summed E-state index contributed by atoms with van der Waals surface area (Å²) in [6.07, 6.45) is 5.12. The molecule has 0 saturated heterocycles. The van der Waals surface area contributed by atoms with Crippen LogP contribution in [-0.2, 0) is 0 Å². The van der Waals surface area contributed by atoms with E-state index in [1.165, 1.54) is 40.7 Å². The van der Waals surface area contributed by atoms with E-state index in [-0.39, 0.29) is 0 Å². The fraction of sp³-hybridized carbons (Fsp3) is 0.556. The molecule has 2 rings (SSSR count). The Bertz CT molecular complexity index is 455. The summed E-state index contributed by atoms with van der Waals surface area (Å²) in [5.41, 5.74) is 7.06. The average molecular weight is 257 g/mol. The van der Waals surface area contributed by atoms with Gasteiger partial charge in [0.25, 0.3) is 0 Å². The van der Waals surface area contributed by atoms with Gasteiger partial charge in [-0.2, -0.15) is 0 Å². The maximum Gasteiger partial charge on any atom is 0.0173 e. The van der Waals surface area contributed by atoms with Crippen LogP contribution in [0.15, 0.2) is 17.7 Å². The molecule has 0 bridgehead atoms. The molecule has 1 fully saturated rings. The Morgan fingerprint density at radius 2 is 1.79 bits per heavy atom. The topological polar surface area (TPSA) is 12.0 Å². The number of benzene rings is 1. The molecule has 0 spiro atoms. The van der Waals surface area contributed by atoms with E-state index in [1.807, 2.05) is 0 Å². The van der Waals surface area contributed by atoms with E-state index in [0.717, 1.165) is 12.6 Å². The van der Waals surface area contributed by atoms with Crippen LogP contribution in [0.4, 0.5) is 0 Å². The van der Waals surface area contributed by atoms with Gasteiger partial charge in [-0.25, -0.2) is 0 Å². The zero-order chi connectivity index (χ0) is 14.0. The summed E-state index contributed by atoms with van der Waals surface area (Å²) in [7, 11) is 0. The van der Waals surface area contributed by atoms with Gasteiger partial charge in [0.2, 0.25) is 0 Å². The highest BCUT2D eigenvalue weighted by Gasteiger charge is 2.20. The fourth-order valence-corrected chi connectivity index (χ4v) is 2.58. The Morgan fingerprint density at radius 3 is 2.26 bits per heavy atom. The van der Waals surface area contributed by atoms with Gasteiger partial charge in [0.05, 0.1) is 0 Å². The number of rotatable bonds is 5. The van der Waals surface area contributed by atoms with E-state index < -0.39 is 0 Å². The third-order valence-corrected chi connectivity index (χ3v) is 3.98. The second-order valence-electron chi connectivity index (χ2n) is 6.34. The van der Waals surface area contributed by atoms with Gasteiger partial charge in [-0.05, 0) is 56.2 Å². The van der Waals surface area contributed by atoms with Crippen molar-refractivity contribution in [3.8, 4) is 0 Å². The van der Waals surface area contributed by atoms with E-state index in [4.69, 9.17) is 0 Å². The lowest BCUT2D eigenvalue weighted by atomic mass is 9.94. The minimum Gasteiger partial charge on any atom is -0.310 e. The molecule has 104 valence electrons. The molecule has 1 N–H and O–H groups in total. The Balaban J connectivity index is 2.23. The van der Waals surface area contributed by atoms with Gasteiger partial charge in [0.15, 0.2) is 0 Å². The molecule has 1 aromatic carbocycles. The second-order valence-corrected chi connectivity index (χ2v) is 6.34. The highest BCUT2D eigenvalue weighted by molar-refractivity contribution is 5.61. The molecule has 1 aliphatic rings. The van der Waals surface area contributed by atoms with Crippen molar-refractivity contribution in [2.75, 3.05) is 6.54 Å². The van der Waals surface area contributed by atoms with Gasteiger partial charge >= 0.3 is 0 Å². The van der Waals surface area contributed by atoms with E-state index in [2.05, 4.69) is 58.1 Å². The van der Waals surface area contributed by atoms with Crippen LogP contribution in [0.3, 0.4) is 0 Å². The molecule has 1 heteroatoms. The Morgan fingerprint density at radius 1 is 1.21 bits per heavy atom. The van der Waals surface area contributed by atoms with Crippen molar-refractivity contribution in [3.63, 3.8) is 0 Å². The monoisotopic (exact) mass is 257 g/mol. The van der Waals surface area contributed by atoms with Crippen molar-refractivity contribution in [2.24, 2.45) is 5.92 Å². The lowest BCUT2D eigenvalue weighted by Gasteiger charge is -2.15. The van der Waals surface area contributed by atoms with Gasteiger partial charge in [0, 0.05) is 12.6 Å². The van der Waals surface area contributed by atoms with Crippen molar-refractivity contribution >= 4 is 6.08 Å². The van der Waals surface area contributed by atoms with Gasteiger partial charge in [-0.3, -0.25) is 0 Å². The summed E-state index contributed by atoms with van der Waals surface area (Å²) < 4.78 is 0. The first-order chi connectivity index (χ1) is 8.97. The van der Waals surface area contributed by atoms with Crippen molar-refractivity contribution in [2.45, 2.75) is 53.5 Å². The first kappa shape index (κ1) is 14.3. The highest BCUT2D eigenvalue weighted by Crippen LogP contribution is 2.24. The van der Waals surface area contributed by atoms with Gasteiger partial charge in [-0.15, -0.1) is 0 Å². The molecular weight excluding hydrogens is 230 g/mol. The zero-order valence-electron chi connectivity index (χ0n) is 13.0. The SMILES string of the molecule is Cc1cc(C)c(C=C(CNC2CC2)C(C)C)c(C)c1. The summed E-state index contributed by atoms with van der Waals surface area (Å²) in [4.78, 5) is 0. The molecule has 1 aliphatic carbocycles. The van der Waals surface area contributed by atoms with Gasteiger partial charge < -0.3 is 5.32 Å². The molecule has 1 nitrogen and oxygen atoms in total. The third kappa shape index (κ3) is 3.94. The number of nitrogens with one attached hydrogen (secondary N) is 1. The Labute approximate surface area is 118 Å². The van der Waals surface area contributed by atoms with Crippen LogP contribution in [0.25, 0.3) is 6.08 Å². The maximum atomic E-state index is 3.64. The molecule has 0 heterocycles. The van der Waals surface area contributed by atoms with Crippen molar-refractivity contribution in [1.29, 1.82) is 0 Å². The van der Waals surface area contributed by atoms with Crippen LogP contribution in [0.1, 0.15) is 48.9 Å². The minimum atomic E-state index is 0.603. The van der Waals surface area contributed by atoms with Crippen molar-refractivity contribution in [1.82, 2.24) is 5.32 Å². The fourth-order valence-electron chi connectivity index (χ4n) is 2.58. The lowest BCUT2D eigenvalue weighted by molar-refractivity contribution is 0.662. The predicted molar refractivity (Wildman–Crippen MR) is 84.5 cm³/mol. The first-order valence-electron chi connectivity index (χ1n) is 7.49. The summed E-state index contributed by atoms with van der Waals surface area (Å²) in [6.45, 7) is 12.2. The normalized spacial score (nSPS) is 16.2. The van der Waals surface area contributed by atoms with Crippen molar-refractivity contribution in [3.05, 3.63) is 40.0 Å². The Hall–Kier alpha value is -1.08. The largest absolute Gasteiger partial charge is 0.310 e. The first-order valence-corrected chi connectivity index (χ1v) is 7.49. The maximum absolute atomic E-state index is 3.64. The van der Waals surface area contributed by atoms with E-state index in [9.17, 15) is 0 Å². The molecule has 0 atom stereocenters. The summed E-state index contributed by atoms with van der Waals surface area (Å²) in [5.74, 6) is 0.603. The summed E-state index contributed by atoms with van der Waals surface area (Å²) in [6, 6.07) is 5.35. The molecule has 0 radical (unpaired) electrons. The molecule has 0 aliphatic heterocycles. The highest BCUT2D eigenvalue weighted by atomic mass is 14.9. The minimum absolute atomic E-state index is 0.603. The summed E-state index contributed by atoms with van der Waals surface area (Å²) >= 11 is 0. The van der Waals surface area contributed by atoms with Gasteiger partial charge in [0.1, 0.15) is 0 Å². The standard InChI is InChI=1S/C18H27N/c1-12(2)16(11-19-17-6-7-17)10-18-14(4)8-13(3)9-15(18)5/h8-10,12,17,19H,6-7,11H2,1-5H3. The van der Waals surface area contributed by atoms with Gasteiger partial charge in [-0.1, -0.05) is 43.2 Å². The van der Waals surface area contributed by atoms with Crippen molar-refractivity contribution < 1.29 is 0 Å². The smallest absolute Gasteiger partial charge is 0.0173 e. The second kappa shape index (κ2) is 5.92. The lowest BCUT2D eigenvalue weighted by Crippen LogP contribution is -2.21. The van der Waals surface area contributed by atoms with E-state index in [1.54, 1.807) is 0 Å². The molecule has 1 saturated carbocycles. The van der Waals surface area contributed by atoms with E-state index >= 15 is 0 Å². The molecule has 0 unspecified atom stereocenters. The Kier molecular flexibility index (Phi) is 4.46. The zero-order valence-corrected chi connectivity index (χ0v) is 13.0.